The Kier molecular flexibility index (Phi) is 4.20. The molecule has 0 saturated carbocycles. The van der Waals surface area contributed by atoms with Crippen LogP contribution in [0.5, 0.6) is 11.5 Å². The van der Waals surface area contributed by atoms with Gasteiger partial charge in [0, 0.05) is 22.7 Å². The maximum atomic E-state index is 9.74. The van der Waals surface area contributed by atoms with Crippen LogP contribution in [0.1, 0.15) is 5.56 Å². The third-order valence-corrected chi connectivity index (χ3v) is 2.27. The topological polar surface area (TPSA) is 75.7 Å². The summed E-state index contributed by atoms with van der Waals surface area (Å²) in [6.07, 6.45) is 0.346. The summed E-state index contributed by atoms with van der Waals surface area (Å²) >= 11 is 5.83. The molecule has 0 aliphatic heterocycles. The van der Waals surface area contributed by atoms with Crippen LogP contribution < -0.4 is 10.5 Å². The van der Waals surface area contributed by atoms with Crippen molar-refractivity contribution < 1.29 is 14.9 Å². The number of benzene rings is 1. The van der Waals surface area contributed by atoms with Crippen molar-refractivity contribution in [2.75, 3.05) is 13.7 Å². The maximum absolute atomic E-state index is 9.74. The molecule has 84 valence electrons. The molecule has 0 radical (unpaired) electrons. The number of hydrogen-bond acceptors (Lipinski definition) is 4. The summed E-state index contributed by atoms with van der Waals surface area (Å²) in [6.45, 7) is -0.145. The minimum atomic E-state index is -0.418. The van der Waals surface area contributed by atoms with Gasteiger partial charge in [-0.15, -0.1) is 0 Å². The zero-order valence-corrected chi connectivity index (χ0v) is 9.16. The smallest absolute Gasteiger partial charge is 0.162 e. The van der Waals surface area contributed by atoms with Crippen molar-refractivity contribution in [3.8, 4) is 11.5 Å². The quantitative estimate of drug-likeness (QED) is 0.720. The zero-order valence-electron chi connectivity index (χ0n) is 8.40. The van der Waals surface area contributed by atoms with Crippen molar-refractivity contribution in [3.05, 3.63) is 22.7 Å². The van der Waals surface area contributed by atoms with Crippen LogP contribution in [0, 0.1) is 0 Å². The van der Waals surface area contributed by atoms with Crippen molar-refractivity contribution >= 4 is 11.6 Å². The highest BCUT2D eigenvalue weighted by atomic mass is 35.5. The second-order valence-electron chi connectivity index (χ2n) is 3.26. The monoisotopic (exact) mass is 231 g/mol. The number of aliphatic hydroxyl groups is 1. The molecule has 0 spiro atoms. The van der Waals surface area contributed by atoms with Gasteiger partial charge in [0.2, 0.25) is 0 Å². The molecule has 15 heavy (non-hydrogen) atoms. The fourth-order valence-electron chi connectivity index (χ4n) is 1.29. The highest BCUT2D eigenvalue weighted by Gasteiger charge is 2.12. The number of rotatable bonds is 4. The van der Waals surface area contributed by atoms with E-state index >= 15 is 0 Å². The van der Waals surface area contributed by atoms with Crippen molar-refractivity contribution in [2.24, 2.45) is 5.73 Å². The van der Waals surface area contributed by atoms with Crippen LogP contribution in [0.4, 0.5) is 0 Å². The van der Waals surface area contributed by atoms with Gasteiger partial charge < -0.3 is 20.7 Å². The van der Waals surface area contributed by atoms with E-state index in [0.717, 1.165) is 0 Å². The highest BCUT2D eigenvalue weighted by Crippen LogP contribution is 2.33. The van der Waals surface area contributed by atoms with E-state index in [1.54, 1.807) is 6.07 Å². The Hall–Kier alpha value is -0.970. The van der Waals surface area contributed by atoms with Gasteiger partial charge in [0.1, 0.15) is 0 Å². The molecule has 1 aromatic carbocycles. The number of nitrogens with two attached hydrogens (primary N) is 1. The molecule has 1 aromatic rings. The number of phenols is 1. The lowest BCUT2D eigenvalue weighted by molar-refractivity contribution is 0.264. The first-order chi connectivity index (χ1) is 7.08. The van der Waals surface area contributed by atoms with Gasteiger partial charge in [-0.25, -0.2) is 0 Å². The normalized spacial score (nSPS) is 12.5. The molecule has 0 aromatic heterocycles. The summed E-state index contributed by atoms with van der Waals surface area (Å²) in [6, 6.07) is 2.71. The number of hydrogen-bond donors (Lipinski definition) is 3. The third-order valence-electron chi connectivity index (χ3n) is 2.06. The van der Waals surface area contributed by atoms with Gasteiger partial charge in [-0.2, -0.15) is 0 Å². The van der Waals surface area contributed by atoms with Crippen molar-refractivity contribution in [1.82, 2.24) is 0 Å². The van der Waals surface area contributed by atoms with Gasteiger partial charge in [-0.05, 0) is 12.5 Å². The van der Waals surface area contributed by atoms with Crippen LogP contribution in [0.2, 0.25) is 5.02 Å². The van der Waals surface area contributed by atoms with Crippen LogP contribution in [0.25, 0.3) is 0 Å². The zero-order chi connectivity index (χ0) is 11.4. The standard InChI is InChI=1S/C10H14ClNO3/c1-15-9-4-7(11)2-6(10(9)14)3-8(12)5-13/h2,4,8,13-14H,3,5,12H2,1H3. The molecule has 4 nitrogen and oxygen atoms in total. The third kappa shape index (κ3) is 2.99. The number of ether oxygens (including phenoxy) is 1. The van der Waals surface area contributed by atoms with Gasteiger partial charge in [0.15, 0.2) is 11.5 Å². The van der Waals surface area contributed by atoms with E-state index in [9.17, 15) is 5.11 Å². The predicted molar refractivity (Wildman–Crippen MR) is 58.4 cm³/mol. The average molecular weight is 232 g/mol. The molecular formula is C10H14ClNO3. The number of phenolic OH excluding ortho intramolecular Hbond substituents is 1. The van der Waals surface area contributed by atoms with Crippen LogP contribution in [-0.4, -0.2) is 30.0 Å². The van der Waals surface area contributed by atoms with Crippen molar-refractivity contribution in [3.63, 3.8) is 0 Å². The van der Waals surface area contributed by atoms with E-state index in [0.29, 0.717) is 22.8 Å². The highest BCUT2D eigenvalue weighted by molar-refractivity contribution is 6.30. The van der Waals surface area contributed by atoms with Crippen LogP contribution in [0.15, 0.2) is 12.1 Å². The van der Waals surface area contributed by atoms with Crippen LogP contribution in [0.3, 0.4) is 0 Å². The number of methoxy groups -OCH3 is 1. The van der Waals surface area contributed by atoms with E-state index in [4.69, 9.17) is 27.2 Å². The Bertz CT molecular complexity index is 344. The molecule has 1 rings (SSSR count). The summed E-state index contributed by atoms with van der Waals surface area (Å²) in [5, 5.41) is 19.0. The van der Waals surface area contributed by atoms with E-state index in [-0.39, 0.29) is 12.4 Å². The molecule has 0 aliphatic rings. The molecule has 5 heteroatoms. The van der Waals surface area contributed by atoms with E-state index in [1.807, 2.05) is 0 Å². The second-order valence-corrected chi connectivity index (χ2v) is 3.70. The van der Waals surface area contributed by atoms with Crippen molar-refractivity contribution in [2.45, 2.75) is 12.5 Å². The summed E-state index contributed by atoms with van der Waals surface area (Å²) < 4.78 is 4.94. The SMILES string of the molecule is COc1cc(Cl)cc(CC(N)CO)c1O. The first-order valence-electron chi connectivity index (χ1n) is 4.50. The van der Waals surface area contributed by atoms with Gasteiger partial charge in [0.25, 0.3) is 0 Å². The number of halogens is 1. The molecule has 0 aliphatic carbocycles. The molecule has 0 bridgehead atoms. The van der Waals surface area contributed by atoms with Gasteiger partial charge in [-0.1, -0.05) is 11.6 Å². The molecule has 0 amide bonds. The lowest BCUT2D eigenvalue weighted by Gasteiger charge is -2.12. The van der Waals surface area contributed by atoms with Crippen molar-refractivity contribution in [1.29, 1.82) is 0 Å². The lowest BCUT2D eigenvalue weighted by atomic mass is 10.1. The molecule has 1 atom stereocenters. The molecule has 1 unspecified atom stereocenters. The van der Waals surface area contributed by atoms with Crippen LogP contribution in [-0.2, 0) is 6.42 Å². The lowest BCUT2D eigenvalue weighted by Crippen LogP contribution is -2.26. The summed E-state index contributed by atoms with van der Waals surface area (Å²) in [4.78, 5) is 0. The molecular weight excluding hydrogens is 218 g/mol. The van der Waals surface area contributed by atoms with Gasteiger partial charge >= 0.3 is 0 Å². The Morgan fingerprint density at radius 1 is 1.53 bits per heavy atom. The number of aliphatic hydroxyl groups excluding tert-OH is 1. The second kappa shape index (κ2) is 5.21. The summed E-state index contributed by atoms with van der Waals surface area (Å²) in [5.74, 6) is 0.327. The first-order valence-corrected chi connectivity index (χ1v) is 4.88. The Morgan fingerprint density at radius 2 is 2.20 bits per heavy atom. The van der Waals surface area contributed by atoms with Gasteiger partial charge in [-0.3, -0.25) is 0 Å². The molecule has 4 N–H and O–H groups in total. The Balaban J connectivity index is 3.01. The van der Waals surface area contributed by atoms with Gasteiger partial charge in [0.05, 0.1) is 13.7 Å². The van der Waals surface area contributed by atoms with E-state index < -0.39 is 6.04 Å². The largest absolute Gasteiger partial charge is 0.504 e. The summed E-state index contributed by atoms with van der Waals surface area (Å²) in [5.41, 5.74) is 6.14. The number of aromatic hydroxyl groups is 1. The average Bonchev–Trinajstić information content (AvgIpc) is 2.22. The fraction of sp³-hybridized carbons (Fsp3) is 0.400. The molecule has 0 fully saturated rings. The first kappa shape index (κ1) is 12.1. The van der Waals surface area contributed by atoms with E-state index in [1.165, 1.54) is 13.2 Å². The molecule has 0 saturated heterocycles. The predicted octanol–water partition coefficient (Wildman–Crippen LogP) is 0.916. The van der Waals surface area contributed by atoms with Crippen LogP contribution >= 0.6 is 11.6 Å². The Labute approximate surface area is 93.2 Å². The maximum Gasteiger partial charge on any atom is 0.162 e. The van der Waals surface area contributed by atoms with E-state index in [2.05, 4.69) is 0 Å². The summed E-state index contributed by atoms with van der Waals surface area (Å²) in [7, 11) is 1.45. The fourth-order valence-corrected chi connectivity index (χ4v) is 1.52. The Morgan fingerprint density at radius 3 is 2.73 bits per heavy atom. The minimum Gasteiger partial charge on any atom is -0.504 e. The minimum absolute atomic E-state index is 0.0193. The molecule has 0 heterocycles.